The van der Waals surface area contributed by atoms with Crippen LogP contribution in [-0.4, -0.2) is 59.3 Å². The molecule has 2 aromatic heterocycles. The number of imidazole rings is 1. The van der Waals surface area contributed by atoms with Crippen LogP contribution >= 0.6 is 0 Å². The Morgan fingerprint density at radius 2 is 2.18 bits per heavy atom. The maximum atomic E-state index is 11.8. The van der Waals surface area contributed by atoms with E-state index >= 15 is 0 Å². The lowest BCUT2D eigenvalue weighted by molar-refractivity contribution is -0.0512. The van der Waals surface area contributed by atoms with E-state index in [1.165, 1.54) is 10.9 Å². The Morgan fingerprint density at radius 3 is 2.77 bits per heavy atom. The Kier molecular flexibility index (Phi) is 3.34. The van der Waals surface area contributed by atoms with Gasteiger partial charge in [-0.2, -0.15) is 4.98 Å². The van der Waals surface area contributed by atoms with Crippen LogP contribution < -0.4 is 11.3 Å². The van der Waals surface area contributed by atoms with Gasteiger partial charge in [0.05, 0.1) is 12.9 Å². The number of nitrogens with zero attached hydrogens (tertiary/aromatic N) is 4. The van der Waals surface area contributed by atoms with Gasteiger partial charge in [-0.3, -0.25) is 9.36 Å². The highest BCUT2D eigenvalue weighted by Crippen LogP contribution is 2.31. The fraction of sp³-hybridized carbons (Fsp3) is 0.417. The smallest absolute Gasteiger partial charge is 0.302 e. The maximum absolute atomic E-state index is 11.8. The standard InChI is InChI=1S/C12H13N5O5/c1-2-16-10-6(9(21)15-12(16)13)14-4-17(10)11-8(20)7(19)5(3-18)22-11/h1,4-5,7-8,11,18-20H,3H2,(H2,13,15,21)/t5-,7-,8-,11-/m1/s1. The highest BCUT2D eigenvalue weighted by Gasteiger charge is 2.44. The summed E-state index contributed by atoms with van der Waals surface area (Å²) in [7, 11) is 0. The first kappa shape index (κ1) is 14.5. The van der Waals surface area contributed by atoms with Gasteiger partial charge in [-0.05, 0) is 0 Å². The number of aromatic nitrogens is 4. The van der Waals surface area contributed by atoms with Crippen molar-refractivity contribution in [1.29, 1.82) is 0 Å². The van der Waals surface area contributed by atoms with Crippen molar-refractivity contribution in [3.63, 3.8) is 0 Å². The first-order valence-corrected chi connectivity index (χ1v) is 6.33. The number of nitrogen functional groups attached to an aromatic ring is 1. The number of rotatable bonds is 2. The zero-order valence-electron chi connectivity index (χ0n) is 11.2. The number of hydrogen-bond acceptors (Lipinski definition) is 8. The van der Waals surface area contributed by atoms with Gasteiger partial charge in [0.15, 0.2) is 17.4 Å². The van der Waals surface area contributed by atoms with Gasteiger partial charge < -0.3 is 25.8 Å². The summed E-state index contributed by atoms with van der Waals surface area (Å²) >= 11 is 0. The van der Waals surface area contributed by atoms with Gasteiger partial charge in [0.2, 0.25) is 5.95 Å². The Morgan fingerprint density at radius 1 is 1.45 bits per heavy atom. The normalized spacial score (nSPS) is 28.1. The molecule has 0 radical (unpaired) electrons. The van der Waals surface area contributed by atoms with Crippen LogP contribution in [0.3, 0.4) is 0 Å². The lowest BCUT2D eigenvalue weighted by atomic mass is 10.1. The molecule has 1 saturated heterocycles. The molecule has 0 unspecified atom stereocenters. The highest BCUT2D eigenvalue weighted by atomic mass is 16.6. The average molecular weight is 307 g/mol. The van der Waals surface area contributed by atoms with Crippen LogP contribution in [0.1, 0.15) is 6.23 Å². The molecule has 10 heteroatoms. The van der Waals surface area contributed by atoms with E-state index in [9.17, 15) is 15.0 Å². The quantitative estimate of drug-likeness (QED) is 0.435. The van der Waals surface area contributed by atoms with Crippen LogP contribution in [0, 0.1) is 12.5 Å². The van der Waals surface area contributed by atoms with E-state index in [2.05, 4.69) is 16.0 Å². The number of nitrogens with two attached hydrogens (primary N) is 1. The fourth-order valence-corrected chi connectivity index (χ4v) is 2.47. The van der Waals surface area contributed by atoms with Crippen LogP contribution in [0.2, 0.25) is 0 Å². The van der Waals surface area contributed by atoms with Gasteiger partial charge in [-0.15, -0.1) is 0 Å². The Balaban J connectivity index is 2.21. The van der Waals surface area contributed by atoms with Crippen LogP contribution in [0.5, 0.6) is 0 Å². The Labute approximate surface area is 123 Å². The molecule has 0 spiro atoms. The zero-order chi connectivity index (χ0) is 16.0. The van der Waals surface area contributed by atoms with Crippen molar-refractivity contribution in [3.05, 3.63) is 16.7 Å². The average Bonchev–Trinajstić information content (AvgIpc) is 3.03. The molecule has 0 aliphatic carbocycles. The summed E-state index contributed by atoms with van der Waals surface area (Å²) in [5, 5.41) is 29.0. The largest absolute Gasteiger partial charge is 0.394 e. The third-order valence-corrected chi connectivity index (χ3v) is 3.55. The number of aliphatic hydroxyl groups is 3. The summed E-state index contributed by atoms with van der Waals surface area (Å²) < 4.78 is 7.75. The highest BCUT2D eigenvalue weighted by molar-refractivity contribution is 5.73. The summed E-state index contributed by atoms with van der Waals surface area (Å²) in [5.74, 6) is -0.214. The summed E-state index contributed by atoms with van der Waals surface area (Å²) in [6.07, 6.45) is 1.90. The second-order valence-corrected chi connectivity index (χ2v) is 4.79. The molecule has 4 atom stereocenters. The SMILES string of the molecule is C#Cn1c(N)nc(=O)c2ncn([C@@H]3O[C@H](CO)[C@@H](O)[C@H]3O)c21. The lowest BCUT2D eigenvalue weighted by Gasteiger charge is -2.18. The number of hydrogen-bond donors (Lipinski definition) is 4. The second kappa shape index (κ2) is 5.08. The number of ether oxygens (including phenoxy) is 1. The first-order valence-electron chi connectivity index (χ1n) is 6.33. The van der Waals surface area contributed by atoms with Crippen molar-refractivity contribution in [2.75, 3.05) is 12.3 Å². The molecule has 0 saturated carbocycles. The molecule has 3 rings (SSSR count). The summed E-state index contributed by atoms with van der Waals surface area (Å²) in [6.45, 7) is -0.479. The topological polar surface area (TPSA) is 149 Å². The van der Waals surface area contributed by atoms with E-state index in [1.807, 2.05) is 0 Å². The number of fused-ring (bicyclic) bond motifs is 1. The molecule has 0 bridgehead atoms. The predicted molar refractivity (Wildman–Crippen MR) is 73.4 cm³/mol. The third kappa shape index (κ3) is 1.88. The van der Waals surface area contributed by atoms with Gasteiger partial charge in [-0.25, -0.2) is 9.55 Å². The summed E-state index contributed by atoms with van der Waals surface area (Å²) in [6, 6.07) is 2.25. The van der Waals surface area contributed by atoms with Crippen LogP contribution in [0.15, 0.2) is 11.1 Å². The van der Waals surface area contributed by atoms with E-state index in [0.717, 1.165) is 4.57 Å². The van der Waals surface area contributed by atoms with Gasteiger partial charge in [0, 0.05) is 6.04 Å². The van der Waals surface area contributed by atoms with E-state index in [4.69, 9.17) is 22.0 Å². The van der Waals surface area contributed by atoms with Crippen molar-refractivity contribution < 1.29 is 20.1 Å². The van der Waals surface area contributed by atoms with Crippen molar-refractivity contribution >= 4 is 17.1 Å². The molecule has 3 heterocycles. The first-order chi connectivity index (χ1) is 10.5. The minimum atomic E-state index is -1.34. The molecule has 22 heavy (non-hydrogen) atoms. The van der Waals surface area contributed by atoms with Crippen molar-refractivity contribution in [3.8, 4) is 12.5 Å². The molecular weight excluding hydrogens is 294 g/mol. The Hall–Kier alpha value is -2.45. The van der Waals surface area contributed by atoms with Gasteiger partial charge in [0.1, 0.15) is 18.3 Å². The van der Waals surface area contributed by atoms with E-state index in [0.29, 0.717) is 0 Å². The minimum Gasteiger partial charge on any atom is -0.394 e. The summed E-state index contributed by atoms with van der Waals surface area (Å²) in [5.41, 5.74) is 4.99. The molecule has 0 aromatic carbocycles. The Bertz CT molecular complexity index is 822. The molecule has 116 valence electrons. The molecule has 1 aliphatic rings. The van der Waals surface area contributed by atoms with Crippen LogP contribution in [0.4, 0.5) is 5.95 Å². The summed E-state index contributed by atoms with van der Waals surface area (Å²) in [4.78, 5) is 19.3. The van der Waals surface area contributed by atoms with Crippen molar-refractivity contribution in [2.45, 2.75) is 24.5 Å². The maximum Gasteiger partial charge on any atom is 0.302 e. The fourth-order valence-electron chi connectivity index (χ4n) is 2.47. The van der Waals surface area contributed by atoms with Gasteiger partial charge in [0.25, 0.3) is 0 Å². The monoisotopic (exact) mass is 307 g/mol. The van der Waals surface area contributed by atoms with Crippen molar-refractivity contribution in [1.82, 2.24) is 19.1 Å². The molecule has 5 N–H and O–H groups in total. The van der Waals surface area contributed by atoms with Crippen molar-refractivity contribution in [2.24, 2.45) is 0 Å². The predicted octanol–water partition coefficient (Wildman–Crippen LogP) is -2.77. The zero-order valence-corrected chi connectivity index (χ0v) is 11.2. The van der Waals surface area contributed by atoms with Gasteiger partial charge in [-0.1, -0.05) is 6.42 Å². The third-order valence-electron chi connectivity index (χ3n) is 3.55. The van der Waals surface area contributed by atoms with E-state index < -0.39 is 36.7 Å². The molecule has 0 amide bonds. The molecule has 2 aromatic rings. The van der Waals surface area contributed by atoms with E-state index in [-0.39, 0.29) is 17.1 Å². The number of aliphatic hydroxyl groups excluding tert-OH is 3. The molecule has 1 fully saturated rings. The molecular formula is C12H13N5O5. The minimum absolute atomic E-state index is 0.0510. The molecule has 10 nitrogen and oxygen atoms in total. The van der Waals surface area contributed by atoms with Crippen LogP contribution in [0.25, 0.3) is 11.2 Å². The van der Waals surface area contributed by atoms with Gasteiger partial charge >= 0.3 is 5.56 Å². The lowest BCUT2D eigenvalue weighted by Crippen LogP contribution is -2.33. The van der Waals surface area contributed by atoms with Crippen LogP contribution in [-0.2, 0) is 4.74 Å². The molecule has 1 aliphatic heterocycles. The number of terminal acetylenes is 1. The number of anilines is 1. The second-order valence-electron chi connectivity index (χ2n) is 4.79. The van der Waals surface area contributed by atoms with E-state index in [1.54, 1.807) is 0 Å².